The van der Waals surface area contributed by atoms with Crippen molar-refractivity contribution in [1.29, 1.82) is 0 Å². The number of nitrogens with zero attached hydrogens (tertiary/aromatic N) is 3. The number of rotatable bonds is 0. The first kappa shape index (κ1) is 5.74. The number of nitrogens with one attached hydrogen (secondary N) is 1. The van der Waals surface area contributed by atoms with Gasteiger partial charge in [-0.2, -0.15) is 9.78 Å². The third kappa shape index (κ3) is 1.04. The highest BCUT2D eigenvalue weighted by Crippen LogP contribution is 1.75. The summed E-state index contributed by atoms with van der Waals surface area (Å²) >= 11 is 0. The van der Waals surface area contributed by atoms with Crippen LogP contribution in [0.5, 0.6) is 0 Å². The van der Waals surface area contributed by atoms with Crippen molar-refractivity contribution in [3.8, 4) is 0 Å². The van der Waals surface area contributed by atoms with Crippen molar-refractivity contribution in [2.24, 2.45) is 0 Å². The second kappa shape index (κ2) is 2.25. The largest absolute Gasteiger partial charge is 0.343 e. The van der Waals surface area contributed by atoms with Gasteiger partial charge < -0.3 is 5.32 Å². The lowest BCUT2D eigenvalue weighted by atomic mass is 11.0. The average Bonchev–Trinajstić information content (AvgIpc) is 2.37. The van der Waals surface area contributed by atoms with E-state index in [1.54, 1.807) is 0 Å². The maximum absolute atomic E-state index is 10.6. The molecule has 0 aromatic carbocycles. The van der Waals surface area contributed by atoms with Crippen molar-refractivity contribution in [3.63, 3.8) is 0 Å². The van der Waals surface area contributed by atoms with E-state index in [0.29, 0.717) is 0 Å². The van der Waals surface area contributed by atoms with Gasteiger partial charge in [-0.1, -0.05) is 0 Å². The third-order valence-corrected chi connectivity index (χ3v) is 0.841. The van der Waals surface area contributed by atoms with Crippen LogP contribution in [0.15, 0.2) is 12.7 Å². The predicted molar refractivity (Wildman–Crippen MR) is 29.9 cm³/mol. The molecule has 1 aromatic rings. The van der Waals surface area contributed by atoms with Crippen molar-refractivity contribution < 1.29 is 4.79 Å². The van der Waals surface area contributed by atoms with Crippen LogP contribution in [-0.4, -0.2) is 27.8 Å². The maximum Gasteiger partial charge on any atom is 0.343 e. The lowest BCUT2D eigenvalue weighted by molar-refractivity contribution is 0.241. The molecule has 0 radical (unpaired) electrons. The molecule has 0 aliphatic rings. The van der Waals surface area contributed by atoms with Crippen LogP contribution in [0.2, 0.25) is 0 Å². The standard InChI is InChI=1S/C4H6N4O/c1-5-4(9)8-3-6-2-7-8/h2-3H,1H3,(H,5,9). The van der Waals surface area contributed by atoms with Crippen molar-refractivity contribution >= 4 is 6.03 Å². The molecule has 1 N–H and O–H groups in total. The van der Waals surface area contributed by atoms with Crippen LogP contribution in [0, 0.1) is 0 Å². The summed E-state index contributed by atoms with van der Waals surface area (Å²) in [6, 6.07) is -0.285. The molecule has 0 aliphatic heterocycles. The van der Waals surface area contributed by atoms with Gasteiger partial charge >= 0.3 is 6.03 Å². The molecular formula is C4H6N4O. The molecule has 9 heavy (non-hydrogen) atoms. The summed E-state index contributed by atoms with van der Waals surface area (Å²) < 4.78 is 1.11. The molecule has 0 atom stereocenters. The topological polar surface area (TPSA) is 59.8 Å². The molecule has 0 unspecified atom stereocenters. The predicted octanol–water partition coefficient (Wildman–Crippen LogP) is -0.534. The van der Waals surface area contributed by atoms with E-state index in [1.165, 1.54) is 19.7 Å². The van der Waals surface area contributed by atoms with E-state index < -0.39 is 0 Å². The Labute approximate surface area is 51.7 Å². The Hall–Kier alpha value is -1.39. The highest BCUT2D eigenvalue weighted by atomic mass is 16.2. The van der Waals surface area contributed by atoms with Gasteiger partial charge in [0.05, 0.1) is 0 Å². The number of amides is 1. The third-order valence-electron chi connectivity index (χ3n) is 0.841. The summed E-state index contributed by atoms with van der Waals surface area (Å²) in [5.41, 5.74) is 0. The van der Waals surface area contributed by atoms with E-state index >= 15 is 0 Å². The first-order valence-corrected chi connectivity index (χ1v) is 2.41. The van der Waals surface area contributed by atoms with Gasteiger partial charge in [-0.05, 0) is 0 Å². The van der Waals surface area contributed by atoms with Crippen molar-refractivity contribution in [1.82, 2.24) is 20.1 Å². The fraction of sp³-hybridized carbons (Fsp3) is 0.250. The molecule has 0 fully saturated rings. The quantitative estimate of drug-likeness (QED) is 0.508. The molecule has 0 saturated heterocycles. The maximum atomic E-state index is 10.6. The molecule has 5 heteroatoms. The zero-order chi connectivity index (χ0) is 6.69. The second-order valence-corrected chi connectivity index (χ2v) is 1.40. The fourth-order valence-corrected chi connectivity index (χ4v) is 0.428. The van der Waals surface area contributed by atoms with Gasteiger partial charge in [0.25, 0.3) is 0 Å². The number of carbonyl (C=O) groups is 1. The minimum Gasteiger partial charge on any atom is -0.339 e. The van der Waals surface area contributed by atoms with Gasteiger partial charge in [0.2, 0.25) is 0 Å². The minimum atomic E-state index is -0.285. The average molecular weight is 126 g/mol. The fourth-order valence-electron chi connectivity index (χ4n) is 0.428. The molecule has 5 nitrogen and oxygen atoms in total. The number of hydrogen-bond acceptors (Lipinski definition) is 3. The Kier molecular flexibility index (Phi) is 1.44. The molecule has 1 rings (SSSR count). The normalized spacial score (nSPS) is 9.00. The van der Waals surface area contributed by atoms with E-state index in [4.69, 9.17) is 0 Å². The van der Waals surface area contributed by atoms with Gasteiger partial charge in [-0.25, -0.2) is 9.78 Å². The van der Waals surface area contributed by atoms with Gasteiger partial charge in [0.1, 0.15) is 12.7 Å². The monoisotopic (exact) mass is 126 g/mol. The molecule has 0 saturated carbocycles. The first-order valence-electron chi connectivity index (χ1n) is 2.41. The van der Waals surface area contributed by atoms with Crippen LogP contribution in [0.4, 0.5) is 4.79 Å². The van der Waals surface area contributed by atoms with E-state index in [0.717, 1.165) is 4.68 Å². The zero-order valence-electron chi connectivity index (χ0n) is 4.90. The van der Waals surface area contributed by atoms with Crippen LogP contribution < -0.4 is 5.32 Å². The Morgan fingerprint density at radius 3 is 3.00 bits per heavy atom. The smallest absolute Gasteiger partial charge is 0.339 e. The minimum absolute atomic E-state index is 0.285. The summed E-state index contributed by atoms with van der Waals surface area (Å²) in [5, 5.41) is 5.97. The number of hydrogen-bond donors (Lipinski definition) is 1. The number of aromatic nitrogens is 3. The Bertz CT molecular complexity index is 192. The zero-order valence-corrected chi connectivity index (χ0v) is 4.90. The molecule has 48 valence electrons. The van der Waals surface area contributed by atoms with Gasteiger partial charge in [0, 0.05) is 7.05 Å². The van der Waals surface area contributed by atoms with Crippen LogP contribution in [0.25, 0.3) is 0 Å². The van der Waals surface area contributed by atoms with E-state index in [-0.39, 0.29) is 6.03 Å². The lowest BCUT2D eigenvalue weighted by Gasteiger charge is -1.93. The Morgan fingerprint density at radius 2 is 2.56 bits per heavy atom. The van der Waals surface area contributed by atoms with Crippen LogP contribution in [-0.2, 0) is 0 Å². The first-order chi connectivity index (χ1) is 4.34. The highest BCUT2D eigenvalue weighted by molar-refractivity contribution is 5.74. The summed E-state index contributed by atoms with van der Waals surface area (Å²) in [6.45, 7) is 0. The number of carbonyl (C=O) groups excluding carboxylic acids is 1. The summed E-state index contributed by atoms with van der Waals surface area (Å²) in [4.78, 5) is 14.2. The molecule has 0 bridgehead atoms. The van der Waals surface area contributed by atoms with Gasteiger partial charge in [-0.15, -0.1) is 0 Å². The SMILES string of the molecule is CNC(=O)n1cncn1. The van der Waals surface area contributed by atoms with E-state index in [9.17, 15) is 4.79 Å². The highest BCUT2D eigenvalue weighted by Gasteiger charge is 1.97. The molecule has 0 aliphatic carbocycles. The van der Waals surface area contributed by atoms with E-state index in [1.807, 2.05) is 0 Å². The summed E-state index contributed by atoms with van der Waals surface area (Å²) in [5.74, 6) is 0. The molecule has 1 heterocycles. The summed E-state index contributed by atoms with van der Waals surface area (Å²) in [6.07, 6.45) is 2.63. The van der Waals surface area contributed by atoms with E-state index in [2.05, 4.69) is 15.4 Å². The molecule has 1 aromatic heterocycles. The Balaban J connectivity index is 2.77. The van der Waals surface area contributed by atoms with Gasteiger partial charge in [0.15, 0.2) is 0 Å². The summed E-state index contributed by atoms with van der Waals surface area (Å²) in [7, 11) is 1.53. The van der Waals surface area contributed by atoms with Crippen molar-refractivity contribution in [3.05, 3.63) is 12.7 Å². The molecule has 0 spiro atoms. The van der Waals surface area contributed by atoms with Gasteiger partial charge in [-0.3, -0.25) is 0 Å². The van der Waals surface area contributed by atoms with Crippen LogP contribution >= 0.6 is 0 Å². The Morgan fingerprint density at radius 1 is 1.78 bits per heavy atom. The van der Waals surface area contributed by atoms with Crippen LogP contribution in [0.1, 0.15) is 0 Å². The van der Waals surface area contributed by atoms with Crippen molar-refractivity contribution in [2.45, 2.75) is 0 Å². The molecular weight excluding hydrogens is 120 g/mol. The molecule has 1 amide bonds. The lowest BCUT2D eigenvalue weighted by Crippen LogP contribution is -2.24. The van der Waals surface area contributed by atoms with Crippen LogP contribution in [0.3, 0.4) is 0 Å². The van der Waals surface area contributed by atoms with Crippen molar-refractivity contribution in [2.75, 3.05) is 7.05 Å². The second-order valence-electron chi connectivity index (χ2n) is 1.40.